The number of rotatable bonds is 4. The highest BCUT2D eigenvalue weighted by molar-refractivity contribution is 5.75. The fourth-order valence-electron chi connectivity index (χ4n) is 3.15. The lowest BCUT2D eigenvalue weighted by molar-refractivity contribution is -0.151. The largest absolute Gasteiger partial charge is 0.478 e. The first kappa shape index (κ1) is 17.9. The molecule has 1 aliphatic heterocycles. The van der Waals surface area contributed by atoms with Crippen LogP contribution in [0.5, 0.6) is 23.0 Å². The SMILES string of the molecule is Cc1cccc(Oc2ccc(C3Oc4ccccc4OC3C(=O)O)cc2)c1C. The quantitative estimate of drug-likeness (QED) is 0.689. The lowest BCUT2D eigenvalue weighted by Gasteiger charge is -2.31. The van der Waals surface area contributed by atoms with Crippen molar-refractivity contribution in [3.8, 4) is 23.0 Å². The molecule has 0 aromatic heterocycles. The first-order valence-corrected chi connectivity index (χ1v) is 9.02. The van der Waals surface area contributed by atoms with E-state index >= 15 is 0 Å². The average molecular weight is 376 g/mol. The molecule has 0 bridgehead atoms. The summed E-state index contributed by atoms with van der Waals surface area (Å²) in [5.41, 5.74) is 2.94. The van der Waals surface area contributed by atoms with E-state index in [1.54, 1.807) is 42.5 Å². The van der Waals surface area contributed by atoms with Crippen molar-refractivity contribution in [3.63, 3.8) is 0 Å². The molecule has 5 nitrogen and oxygen atoms in total. The third kappa shape index (κ3) is 3.39. The van der Waals surface area contributed by atoms with Gasteiger partial charge in [-0.3, -0.25) is 0 Å². The molecule has 1 N–H and O–H groups in total. The summed E-state index contributed by atoms with van der Waals surface area (Å²) in [5.74, 6) is 1.35. The molecule has 0 saturated heterocycles. The van der Waals surface area contributed by atoms with Crippen LogP contribution in [0.4, 0.5) is 0 Å². The molecule has 1 heterocycles. The van der Waals surface area contributed by atoms with Crippen LogP contribution in [0.15, 0.2) is 66.7 Å². The standard InChI is InChI=1S/C23H20O5/c1-14-6-5-9-18(15(14)2)26-17-12-10-16(11-13-17)21-22(23(24)25)28-20-8-4-3-7-19(20)27-21/h3-13,21-22H,1-2H3,(H,24,25). The summed E-state index contributed by atoms with van der Waals surface area (Å²) in [5, 5.41) is 9.57. The summed E-state index contributed by atoms with van der Waals surface area (Å²) in [6, 6.07) is 20.2. The highest BCUT2D eigenvalue weighted by Gasteiger charge is 2.38. The molecule has 0 saturated carbocycles. The fraction of sp³-hybridized carbons (Fsp3) is 0.174. The van der Waals surface area contributed by atoms with Gasteiger partial charge in [-0.05, 0) is 60.9 Å². The van der Waals surface area contributed by atoms with Crippen LogP contribution in [-0.2, 0) is 4.79 Å². The van der Waals surface area contributed by atoms with Crippen LogP contribution in [-0.4, -0.2) is 17.2 Å². The molecular formula is C23H20O5. The molecule has 4 rings (SSSR count). The minimum atomic E-state index is -1.12. The molecule has 1 aliphatic rings. The summed E-state index contributed by atoms with van der Waals surface area (Å²) in [7, 11) is 0. The Morgan fingerprint density at radius 3 is 2.25 bits per heavy atom. The summed E-state index contributed by atoms with van der Waals surface area (Å²) >= 11 is 0. The van der Waals surface area contributed by atoms with E-state index in [0.29, 0.717) is 22.8 Å². The maximum Gasteiger partial charge on any atom is 0.349 e. The van der Waals surface area contributed by atoms with Crippen molar-refractivity contribution in [2.24, 2.45) is 0 Å². The number of carbonyl (C=O) groups is 1. The van der Waals surface area contributed by atoms with Crippen LogP contribution < -0.4 is 14.2 Å². The summed E-state index contributed by atoms with van der Waals surface area (Å²) in [4.78, 5) is 11.7. The molecule has 142 valence electrons. The number of hydrogen-bond acceptors (Lipinski definition) is 4. The monoisotopic (exact) mass is 376 g/mol. The number of aryl methyl sites for hydroxylation is 1. The van der Waals surface area contributed by atoms with Gasteiger partial charge < -0.3 is 19.3 Å². The van der Waals surface area contributed by atoms with Crippen molar-refractivity contribution in [2.75, 3.05) is 0 Å². The molecule has 2 unspecified atom stereocenters. The molecule has 0 aliphatic carbocycles. The van der Waals surface area contributed by atoms with Crippen molar-refractivity contribution in [3.05, 3.63) is 83.4 Å². The van der Waals surface area contributed by atoms with E-state index < -0.39 is 18.2 Å². The molecule has 0 amide bonds. The highest BCUT2D eigenvalue weighted by atomic mass is 16.6. The Bertz CT molecular complexity index is 1010. The number of carboxylic acid groups (broad SMARTS) is 1. The Balaban J connectivity index is 1.59. The topological polar surface area (TPSA) is 65.0 Å². The maximum absolute atomic E-state index is 11.7. The fourth-order valence-corrected chi connectivity index (χ4v) is 3.15. The van der Waals surface area contributed by atoms with Crippen LogP contribution in [0, 0.1) is 13.8 Å². The van der Waals surface area contributed by atoms with E-state index in [0.717, 1.165) is 16.9 Å². The van der Waals surface area contributed by atoms with Gasteiger partial charge in [0.15, 0.2) is 17.6 Å². The second-order valence-electron chi connectivity index (χ2n) is 6.73. The zero-order valence-corrected chi connectivity index (χ0v) is 15.6. The number of fused-ring (bicyclic) bond motifs is 1. The zero-order chi connectivity index (χ0) is 19.7. The van der Waals surface area contributed by atoms with Gasteiger partial charge in [-0.2, -0.15) is 0 Å². The van der Waals surface area contributed by atoms with Gasteiger partial charge in [0.05, 0.1) is 0 Å². The van der Waals surface area contributed by atoms with Crippen molar-refractivity contribution in [1.82, 2.24) is 0 Å². The van der Waals surface area contributed by atoms with Gasteiger partial charge in [0, 0.05) is 0 Å². The minimum absolute atomic E-state index is 0.432. The van der Waals surface area contributed by atoms with Crippen molar-refractivity contribution >= 4 is 5.97 Å². The summed E-state index contributed by atoms with van der Waals surface area (Å²) < 4.78 is 17.6. The third-order valence-corrected chi connectivity index (χ3v) is 4.87. The van der Waals surface area contributed by atoms with Crippen LogP contribution >= 0.6 is 0 Å². The van der Waals surface area contributed by atoms with Crippen molar-refractivity contribution in [2.45, 2.75) is 26.1 Å². The van der Waals surface area contributed by atoms with Gasteiger partial charge in [-0.1, -0.05) is 36.4 Å². The molecule has 0 radical (unpaired) electrons. The molecule has 0 fully saturated rings. The summed E-state index contributed by atoms with van der Waals surface area (Å²) in [6.07, 6.45) is -1.87. The van der Waals surface area contributed by atoms with Crippen LogP contribution in [0.2, 0.25) is 0 Å². The predicted octanol–water partition coefficient (Wildman–Crippen LogP) is 5.06. The van der Waals surface area contributed by atoms with Gasteiger partial charge in [0.2, 0.25) is 6.10 Å². The van der Waals surface area contributed by atoms with Crippen LogP contribution in [0.3, 0.4) is 0 Å². The average Bonchev–Trinajstić information content (AvgIpc) is 2.71. The Morgan fingerprint density at radius 1 is 0.893 bits per heavy atom. The smallest absolute Gasteiger partial charge is 0.349 e. The van der Waals surface area contributed by atoms with E-state index in [4.69, 9.17) is 14.2 Å². The molecule has 28 heavy (non-hydrogen) atoms. The molecule has 2 atom stereocenters. The second-order valence-corrected chi connectivity index (χ2v) is 6.73. The third-order valence-electron chi connectivity index (χ3n) is 4.87. The van der Waals surface area contributed by atoms with E-state index in [2.05, 4.69) is 0 Å². The van der Waals surface area contributed by atoms with E-state index in [1.807, 2.05) is 38.1 Å². The van der Waals surface area contributed by atoms with Gasteiger partial charge >= 0.3 is 5.97 Å². The van der Waals surface area contributed by atoms with Gasteiger partial charge in [0.25, 0.3) is 0 Å². The minimum Gasteiger partial charge on any atom is -0.478 e. The van der Waals surface area contributed by atoms with Gasteiger partial charge in [-0.15, -0.1) is 0 Å². The number of ether oxygens (including phenoxy) is 3. The normalized spacial score (nSPS) is 17.8. The first-order chi connectivity index (χ1) is 13.5. The number of aliphatic carboxylic acids is 1. The van der Waals surface area contributed by atoms with E-state index in [9.17, 15) is 9.90 Å². The Hall–Kier alpha value is -3.47. The molecule has 0 spiro atoms. The highest BCUT2D eigenvalue weighted by Crippen LogP contribution is 2.40. The van der Waals surface area contributed by atoms with Crippen LogP contribution in [0.1, 0.15) is 22.8 Å². The van der Waals surface area contributed by atoms with Crippen molar-refractivity contribution in [1.29, 1.82) is 0 Å². The number of para-hydroxylation sites is 2. The van der Waals surface area contributed by atoms with Gasteiger partial charge in [-0.25, -0.2) is 4.79 Å². The Labute approximate surface area is 163 Å². The predicted molar refractivity (Wildman–Crippen MR) is 104 cm³/mol. The number of benzene rings is 3. The molecule has 5 heteroatoms. The zero-order valence-electron chi connectivity index (χ0n) is 15.6. The Kier molecular flexibility index (Phi) is 4.65. The second kappa shape index (κ2) is 7.27. The van der Waals surface area contributed by atoms with E-state index in [1.165, 1.54) is 0 Å². The van der Waals surface area contributed by atoms with Crippen LogP contribution in [0.25, 0.3) is 0 Å². The molecule has 3 aromatic rings. The lowest BCUT2D eigenvalue weighted by Crippen LogP contribution is -2.39. The maximum atomic E-state index is 11.7. The lowest BCUT2D eigenvalue weighted by atomic mass is 10.0. The number of carboxylic acids is 1. The first-order valence-electron chi connectivity index (χ1n) is 9.02. The molecular weight excluding hydrogens is 356 g/mol. The number of hydrogen-bond donors (Lipinski definition) is 1. The molecule has 3 aromatic carbocycles. The summed E-state index contributed by atoms with van der Waals surface area (Å²) in [6.45, 7) is 4.05. The van der Waals surface area contributed by atoms with Gasteiger partial charge in [0.1, 0.15) is 11.5 Å². The van der Waals surface area contributed by atoms with E-state index in [-0.39, 0.29) is 0 Å². The Morgan fingerprint density at radius 2 is 1.57 bits per heavy atom. The van der Waals surface area contributed by atoms with Crippen molar-refractivity contribution < 1.29 is 24.1 Å².